The maximum absolute atomic E-state index is 7.57. The summed E-state index contributed by atoms with van der Waals surface area (Å²) in [5, 5.41) is 5.84. The molecule has 0 fully saturated rings. The highest BCUT2D eigenvalue weighted by Crippen LogP contribution is 1.66. The summed E-state index contributed by atoms with van der Waals surface area (Å²) in [6, 6.07) is 0. The maximum atomic E-state index is 7.57. The zero-order chi connectivity index (χ0) is 5.54. The van der Waals surface area contributed by atoms with E-state index in [1.54, 1.807) is 0 Å². The van der Waals surface area contributed by atoms with E-state index in [9.17, 15) is 0 Å². The summed E-state index contributed by atoms with van der Waals surface area (Å²) in [5.41, 5.74) is 15.1. The van der Waals surface area contributed by atoms with Gasteiger partial charge in [0, 0.05) is 0 Å². The molecular weight excluding hydrogens is 94.9 g/mol. The molecule has 6 nitrogen and oxygen atoms in total. The average Bonchev–Trinajstić information content (AvgIpc) is 1.69. The minimum atomic E-state index is -0.146. The van der Waals surface area contributed by atoms with E-state index < -0.39 is 0 Å². The monoisotopic (exact) mass is 96.0 g/mol. The first-order chi connectivity index (χ1) is 3.41. The molecule has 0 unspecified atom stereocenters. The van der Waals surface area contributed by atoms with E-state index in [1.165, 1.54) is 0 Å². The van der Waals surface area contributed by atoms with Crippen molar-refractivity contribution < 1.29 is 0 Å². The zero-order valence-electron chi connectivity index (χ0n) is 3.39. The molecule has 7 heavy (non-hydrogen) atoms. The van der Waals surface area contributed by atoms with Gasteiger partial charge in [-0.15, -0.1) is 10.1 Å². The molecule has 0 aliphatic heterocycles. The molecule has 0 saturated heterocycles. The Kier molecular flexibility index (Phi) is 3.80. The fourth-order valence-electron chi connectivity index (χ4n) is 0.0849. The largest absolute Gasteiger partial charge is 0.325 e. The number of hydrogen-bond acceptors (Lipinski definition) is 2. The number of nitrogens with zero attached hydrogens (tertiary/aromatic N) is 6. The smallest absolute Gasteiger partial charge is 0.146 e. The first-order valence-electron chi connectivity index (χ1n) is 1.43. The van der Waals surface area contributed by atoms with Crippen LogP contribution in [-0.2, 0) is 0 Å². The Balaban J connectivity index is 3.33. The van der Waals surface area contributed by atoms with E-state index in [0.29, 0.717) is 0 Å². The van der Waals surface area contributed by atoms with Gasteiger partial charge in [0.15, 0.2) is 0 Å². The lowest BCUT2D eigenvalue weighted by Crippen LogP contribution is -1.67. The molecule has 0 bridgehead atoms. The second kappa shape index (κ2) is 4.68. The van der Waals surface area contributed by atoms with Crippen LogP contribution in [-0.4, -0.2) is 7.55 Å². The number of azide groups is 1. The van der Waals surface area contributed by atoms with Crippen molar-refractivity contribution in [1.29, 1.82) is 0 Å². The highest BCUT2D eigenvalue weighted by Gasteiger charge is 1.69. The summed E-state index contributed by atoms with van der Waals surface area (Å²) in [5.74, 6) is 0. The van der Waals surface area contributed by atoms with Gasteiger partial charge in [-0.05, 0) is 20.9 Å². The second-order valence-electron chi connectivity index (χ2n) is 0.603. The molecule has 34 valence electrons. The summed E-state index contributed by atoms with van der Waals surface area (Å²) < 4.78 is 0. The first kappa shape index (κ1) is 5.68. The average molecular weight is 95.9 g/mol. The molecule has 0 radical (unpaired) electrons. The SMILES string of the molecule is [N-]=[N+]=NBN=[N+]=[N-]. The Morgan fingerprint density at radius 2 is 1.57 bits per heavy atom. The van der Waals surface area contributed by atoms with Gasteiger partial charge in [0.25, 0.3) is 0 Å². The Morgan fingerprint density at radius 1 is 1.14 bits per heavy atom. The van der Waals surface area contributed by atoms with Crippen LogP contribution in [0.5, 0.6) is 0 Å². The minimum Gasteiger partial charge on any atom is -0.146 e. The lowest BCUT2D eigenvalue weighted by atomic mass is 10.3. The maximum Gasteiger partial charge on any atom is 0.325 e. The normalized spacial score (nSPS) is 5.14. The highest BCUT2D eigenvalue weighted by atomic mass is 15.2. The van der Waals surface area contributed by atoms with Crippen molar-refractivity contribution in [1.82, 2.24) is 0 Å². The van der Waals surface area contributed by atoms with Gasteiger partial charge in [-0.2, -0.15) is 0 Å². The standard InChI is InChI=1S/BHN6/c2-6-4-1-5-7-3/h1H. The summed E-state index contributed by atoms with van der Waals surface area (Å²) >= 11 is 0. The van der Waals surface area contributed by atoms with Crippen LogP contribution < -0.4 is 0 Å². The van der Waals surface area contributed by atoms with Crippen molar-refractivity contribution in [2.24, 2.45) is 10.1 Å². The van der Waals surface area contributed by atoms with Crippen molar-refractivity contribution in [2.75, 3.05) is 0 Å². The molecular formula is HBN6. The first-order valence-corrected chi connectivity index (χ1v) is 1.43. The molecule has 0 rings (SSSR count). The van der Waals surface area contributed by atoms with Gasteiger partial charge in [-0.25, -0.2) is 0 Å². The van der Waals surface area contributed by atoms with Crippen LogP contribution in [0.15, 0.2) is 10.1 Å². The van der Waals surface area contributed by atoms with Gasteiger partial charge in [0.05, 0.1) is 0 Å². The predicted octanol–water partition coefficient (Wildman–Crippen LogP) is 0.873. The van der Waals surface area contributed by atoms with E-state index in [1.807, 2.05) is 0 Å². The van der Waals surface area contributed by atoms with Gasteiger partial charge in [-0.1, -0.05) is 0 Å². The summed E-state index contributed by atoms with van der Waals surface area (Å²) in [4.78, 5) is 4.67. The molecule has 0 amide bonds. The van der Waals surface area contributed by atoms with Crippen molar-refractivity contribution in [3.05, 3.63) is 20.9 Å². The Morgan fingerprint density at radius 3 is 1.86 bits per heavy atom. The summed E-state index contributed by atoms with van der Waals surface area (Å²) in [7, 11) is -0.146. The molecule has 7 heteroatoms. The van der Waals surface area contributed by atoms with Crippen LogP contribution in [0, 0.1) is 0 Å². The third-order valence-corrected chi connectivity index (χ3v) is 0.253. The van der Waals surface area contributed by atoms with E-state index in [0.717, 1.165) is 0 Å². The minimum absolute atomic E-state index is 0.146. The van der Waals surface area contributed by atoms with E-state index in [-0.39, 0.29) is 7.55 Å². The lowest BCUT2D eigenvalue weighted by molar-refractivity contribution is 1.61. The molecule has 0 heterocycles. The fourth-order valence-corrected chi connectivity index (χ4v) is 0.0849. The predicted molar refractivity (Wildman–Crippen MR) is 25.4 cm³/mol. The molecule has 0 N–H and O–H groups in total. The molecule has 0 aromatic heterocycles. The van der Waals surface area contributed by atoms with E-state index in [2.05, 4.69) is 19.9 Å². The van der Waals surface area contributed by atoms with Gasteiger partial charge in [0.1, 0.15) is 0 Å². The zero-order valence-corrected chi connectivity index (χ0v) is 3.39. The Bertz CT molecular complexity index is 107. The van der Waals surface area contributed by atoms with Crippen molar-refractivity contribution in [3.8, 4) is 0 Å². The topological polar surface area (TPSA) is 97.5 Å². The quantitative estimate of drug-likeness (QED) is 0.211. The molecule has 0 saturated carbocycles. The van der Waals surface area contributed by atoms with Crippen LogP contribution in [0.1, 0.15) is 0 Å². The van der Waals surface area contributed by atoms with Crippen LogP contribution in [0.2, 0.25) is 0 Å². The van der Waals surface area contributed by atoms with Gasteiger partial charge in [-0.3, -0.25) is 0 Å². The van der Waals surface area contributed by atoms with E-state index in [4.69, 9.17) is 11.1 Å². The number of rotatable bonds is 2. The van der Waals surface area contributed by atoms with Crippen molar-refractivity contribution in [3.63, 3.8) is 0 Å². The van der Waals surface area contributed by atoms with Crippen LogP contribution in [0.4, 0.5) is 0 Å². The summed E-state index contributed by atoms with van der Waals surface area (Å²) in [6.45, 7) is 0. The van der Waals surface area contributed by atoms with Crippen LogP contribution >= 0.6 is 0 Å². The second-order valence-corrected chi connectivity index (χ2v) is 0.603. The Labute approximate surface area is 39.7 Å². The molecule has 0 atom stereocenters. The Hall–Kier alpha value is -1.32. The highest BCUT2D eigenvalue weighted by molar-refractivity contribution is 6.30. The van der Waals surface area contributed by atoms with Crippen LogP contribution in [0.3, 0.4) is 0 Å². The molecule has 0 aliphatic rings. The molecule has 0 aliphatic carbocycles. The lowest BCUT2D eigenvalue weighted by Gasteiger charge is -1.59. The van der Waals surface area contributed by atoms with Gasteiger partial charge >= 0.3 is 7.55 Å². The van der Waals surface area contributed by atoms with Gasteiger partial charge in [0.2, 0.25) is 0 Å². The third-order valence-electron chi connectivity index (χ3n) is 0.253. The molecule has 0 aromatic rings. The molecule has 0 aromatic carbocycles. The van der Waals surface area contributed by atoms with Crippen LogP contribution in [0.25, 0.3) is 20.9 Å². The fraction of sp³-hybridized carbons (Fsp3) is 0. The third kappa shape index (κ3) is 4.68. The van der Waals surface area contributed by atoms with Crippen molar-refractivity contribution >= 4 is 7.55 Å². The van der Waals surface area contributed by atoms with Crippen molar-refractivity contribution in [2.45, 2.75) is 0 Å². The summed E-state index contributed by atoms with van der Waals surface area (Å²) in [6.07, 6.45) is 0. The molecule has 0 spiro atoms. The van der Waals surface area contributed by atoms with Gasteiger partial charge < -0.3 is 0 Å². The number of hydrogen-bond donors (Lipinski definition) is 0. The van der Waals surface area contributed by atoms with E-state index >= 15 is 0 Å².